The molecule has 0 bridgehead atoms. The summed E-state index contributed by atoms with van der Waals surface area (Å²) in [7, 11) is -2.91. The fraction of sp³-hybridized carbons (Fsp3) is 0.220. The second-order valence-corrected chi connectivity index (χ2v) is 16.4. The zero-order chi connectivity index (χ0) is 32.1. The van der Waals surface area contributed by atoms with Crippen molar-refractivity contribution < 1.29 is 10.2 Å². The van der Waals surface area contributed by atoms with Gasteiger partial charge in [0.15, 0.2) is 8.07 Å². The maximum Gasteiger partial charge on any atom is 0.183 e. The highest BCUT2D eigenvalue weighted by molar-refractivity contribution is 7.20. The minimum absolute atomic E-state index is 0.000725. The first-order valence-electron chi connectivity index (χ1n) is 16.2. The van der Waals surface area contributed by atoms with Crippen LogP contribution >= 0.6 is 0 Å². The predicted molar refractivity (Wildman–Crippen MR) is 195 cm³/mol. The highest BCUT2D eigenvalue weighted by Crippen LogP contribution is 2.27. The van der Waals surface area contributed by atoms with Crippen LogP contribution in [0.4, 0.5) is 0 Å². The lowest BCUT2D eigenvalue weighted by Crippen LogP contribution is -2.74. The van der Waals surface area contributed by atoms with Crippen LogP contribution in [0.1, 0.15) is 53.5 Å². The Morgan fingerprint density at radius 3 is 1.43 bits per heavy atom. The Kier molecular flexibility index (Phi) is 9.32. The Morgan fingerprint density at radius 2 is 0.978 bits per heavy atom. The zero-order valence-electron chi connectivity index (χ0n) is 26.9. The van der Waals surface area contributed by atoms with Gasteiger partial charge < -0.3 is 10.2 Å². The summed E-state index contributed by atoms with van der Waals surface area (Å²) in [5.41, 5.74) is 4.51. The molecule has 5 aromatic rings. The summed E-state index contributed by atoms with van der Waals surface area (Å²) in [4.78, 5) is 10.1. The molecule has 1 aliphatic carbocycles. The van der Waals surface area contributed by atoms with Crippen LogP contribution < -0.4 is 20.7 Å². The van der Waals surface area contributed by atoms with Crippen molar-refractivity contribution in [3.8, 4) is 11.5 Å². The summed E-state index contributed by atoms with van der Waals surface area (Å²) in [5, 5.41) is 27.5. The summed E-state index contributed by atoms with van der Waals surface area (Å²) in [6, 6.07) is 40.2. The number of aromatic hydroxyl groups is 2. The van der Waals surface area contributed by atoms with Crippen molar-refractivity contribution in [3.63, 3.8) is 0 Å². The third kappa shape index (κ3) is 6.20. The van der Waals surface area contributed by atoms with E-state index in [1.807, 2.05) is 44.5 Å². The number of hydrogen-bond donors (Lipinski definition) is 2. The Morgan fingerprint density at radius 1 is 0.565 bits per heavy atom. The molecule has 0 unspecified atom stereocenters. The van der Waals surface area contributed by atoms with Crippen LogP contribution in [-0.4, -0.2) is 42.8 Å². The number of rotatable bonds is 8. The van der Waals surface area contributed by atoms with Crippen LogP contribution in [-0.2, 0) is 0 Å². The van der Waals surface area contributed by atoms with Crippen LogP contribution in [0.5, 0.6) is 11.5 Å². The lowest BCUT2D eigenvalue weighted by molar-refractivity contribution is 0.390. The summed E-state index contributed by atoms with van der Waals surface area (Å²) in [5.74, 6) is 0.568. The average molecular weight is 623 g/mol. The van der Waals surface area contributed by atoms with Crippen molar-refractivity contribution in [1.29, 1.82) is 0 Å². The van der Waals surface area contributed by atoms with Gasteiger partial charge in [-0.1, -0.05) is 122 Å². The lowest BCUT2D eigenvalue weighted by atomic mass is 9.91. The predicted octanol–water partition coefficient (Wildman–Crippen LogP) is 6.25. The molecule has 0 spiro atoms. The average Bonchev–Trinajstić information content (AvgIpc) is 3.08. The van der Waals surface area contributed by atoms with Crippen molar-refractivity contribution in [2.75, 3.05) is 0 Å². The molecule has 2 atom stereocenters. The van der Waals surface area contributed by atoms with Gasteiger partial charge in [0.1, 0.15) is 11.5 Å². The van der Waals surface area contributed by atoms with Gasteiger partial charge in [-0.25, -0.2) is 0 Å². The van der Waals surface area contributed by atoms with Gasteiger partial charge in [0.2, 0.25) is 0 Å². The van der Waals surface area contributed by atoms with Gasteiger partial charge in [0.05, 0.1) is 12.1 Å². The molecule has 0 amide bonds. The van der Waals surface area contributed by atoms with Gasteiger partial charge in [-0.15, -0.1) is 0 Å². The number of benzene rings is 5. The van der Waals surface area contributed by atoms with E-state index < -0.39 is 8.07 Å². The standard InChI is InChI=1S/C41H42N2O2Si/c1-29-23-31(3)40(44)32(24-29)27-42-37-21-13-14-22-38(37)43-28-33-25-30(2)26-39(41(33)45)46(34-15-7-4-8-16-34,35-17-9-5-10-18-35)36-19-11-6-12-20-36/h4-12,15-20,23-28,37-38,44-45H,13-14,21-22H2,1-3H3/b42-27+,43-28+/t37-,38-/m1/s1. The fourth-order valence-electron chi connectivity index (χ4n) is 7.10. The molecule has 0 heterocycles. The summed E-state index contributed by atoms with van der Waals surface area (Å²) >= 11 is 0. The van der Waals surface area contributed by atoms with Crippen molar-refractivity contribution in [2.24, 2.45) is 9.98 Å². The zero-order valence-corrected chi connectivity index (χ0v) is 27.9. The number of aryl methyl sites for hydroxylation is 3. The van der Waals surface area contributed by atoms with Crippen molar-refractivity contribution in [1.82, 2.24) is 0 Å². The molecule has 5 aromatic carbocycles. The Balaban J connectivity index is 1.44. The third-order valence-corrected chi connectivity index (χ3v) is 14.1. The van der Waals surface area contributed by atoms with E-state index in [-0.39, 0.29) is 23.6 Å². The highest BCUT2D eigenvalue weighted by Gasteiger charge is 2.43. The molecule has 1 fully saturated rings. The molecule has 0 saturated heterocycles. The maximum atomic E-state index is 12.2. The maximum absolute atomic E-state index is 12.2. The largest absolute Gasteiger partial charge is 0.507 e. The number of hydrogen-bond acceptors (Lipinski definition) is 4. The molecule has 1 saturated carbocycles. The molecule has 232 valence electrons. The van der Waals surface area contributed by atoms with E-state index in [0.29, 0.717) is 0 Å². The minimum atomic E-state index is -2.91. The van der Waals surface area contributed by atoms with Crippen LogP contribution in [0.15, 0.2) is 125 Å². The first-order valence-corrected chi connectivity index (χ1v) is 18.2. The van der Waals surface area contributed by atoms with E-state index in [1.165, 1.54) is 15.6 Å². The molecule has 2 N–H and O–H groups in total. The molecule has 46 heavy (non-hydrogen) atoms. The lowest BCUT2D eigenvalue weighted by Gasteiger charge is -2.35. The van der Waals surface area contributed by atoms with E-state index in [0.717, 1.165) is 58.7 Å². The molecule has 4 nitrogen and oxygen atoms in total. The molecule has 1 aliphatic rings. The van der Waals surface area contributed by atoms with Crippen LogP contribution in [0, 0.1) is 20.8 Å². The van der Waals surface area contributed by atoms with Crippen molar-refractivity contribution in [3.05, 3.63) is 143 Å². The van der Waals surface area contributed by atoms with Gasteiger partial charge in [-0.2, -0.15) is 0 Å². The van der Waals surface area contributed by atoms with Gasteiger partial charge in [-0.3, -0.25) is 9.98 Å². The molecule has 0 aliphatic heterocycles. The van der Waals surface area contributed by atoms with Crippen molar-refractivity contribution >= 4 is 41.2 Å². The fourth-order valence-corrected chi connectivity index (χ4v) is 12.1. The molecule has 0 radical (unpaired) electrons. The highest BCUT2D eigenvalue weighted by atomic mass is 28.3. The molecule has 6 rings (SSSR count). The summed E-state index contributed by atoms with van der Waals surface area (Å²) in [6.45, 7) is 6.05. The third-order valence-electron chi connectivity index (χ3n) is 9.29. The van der Waals surface area contributed by atoms with E-state index >= 15 is 0 Å². The van der Waals surface area contributed by atoms with Crippen LogP contribution in [0.25, 0.3) is 0 Å². The SMILES string of the molecule is Cc1cc(C)c(O)c(/C=N/[C@@H]2CCCC[C@H]2/N=C/c2cc(C)cc([Si](c3ccccc3)(c3ccccc3)c3ccccc3)c2O)c1. The second kappa shape index (κ2) is 13.7. The van der Waals surface area contributed by atoms with Gasteiger partial charge in [-0.05, 0) is 77.6 Å². The van der Waals surface area contributed by atoms with E-state index in [1.54, 1.807) is 0 Å². The Bertz CT molecular complexity index is 1760. The van der Waals surface area contributed by atoms with Gasteiger partial charge >= 0.3 is 0 Å². The van der Waals surface area contributed by atoms with Crippen LogP contribution in [0.2, 0.25) is 0 Å². The van der Waals surface area contributed by atoms with E-state index in [4.69, 9.17) is 9.98 Å². The molecular weight excluding hydrogens is 581 g/mol. The summed E-state index contributed by atoms with van der Waals surface area (Å²) in [6.07, 6.45) is 7.77. The minimum Gasteiger partial charge on any atom is -0.507 e. The Labute approximate surface area is 273 Å². The first kappa shape index (κ1) is 31.2. The monoisotopic (exact) mass is 622 g/mol. The number of nitrogens with zero attached hydrogens (tertiary/aromatic N) is 2. The van der Waals surface area contributed by atoms with E-state index in [2.05, 4.69) is 104 Å². The molecule has 5 heteroatoms. The van der Waals surface area contributed by atoms with Gasteiger partial charge in [0, 0.05) is 23.6 Å². The second-order valence-electron chi connectivity index (χ2n) is 12.6. The number of phenols is 2. The molecular formula is C41H42N2O2Si. The normalized spacial score (nSPS) is 17.1. The van der Waals surface area contributed by atoms with Crippen molar-refractivity contribution in [2.45, 2.75) is 58.5 Å². The number of aliphatic imine (C=N–C) groups is 2. The van der Waals surface area contributed by atoms with Gasteiger partial charge in [0.25, 0.3) is 0 Å². The van der Waals surface area contributed by atoms with E-state index in [9.17, 15) is 10.2 Å². The number of phenolic OH excluding ortho intramolecular Hbond substituents is 2. The quantitative estimate of drug-likeness (QED) is 0.122. The summed E-state index contributed by atoms with van der Waals surface area (Å²) < 4.78 is 0. The Hall–Kier alpha value is -4.74. The molecule has 0 aromatic heterocycles. The van der Waals surface area contributed by atoms with Crippen LogP contribution in [0.3, 0.4) is 0 Å². The smallest absolute Gasteiger partial charge is 0.183 e. The topological polar surface area (TPSA) is 65.2 Å². The first-order chi connectivity index (χ1) is 22.4.